The number of halogens is 1. The average Bonchev–Trinajstić information content (AvgIpc) is 2.39. The predicted octanol–water partition coefficient (Wildman–Crippen LogP) is 4.11. The van der Waals surface area contributed by atoms with Crippen molar-refractivity contribution in [3.8, 4) is 0 Å². The van der Waals surface area contributed by atoms with Gasteiger partial charge in [-0.25, -0.2) is 0 Å². The summed E-state index contributed by atoms with van der Waals surface area (Å²) in [5.74, 6) is 0.723. The van der Waals surface area contributed by atoms with Gasteiger partial charge in [-0.3, -0.25) is 0 Å². The Morgan fingerprint density at radius 1 is 1.25 bits per heavy atom. The molecule has 1 aliphatic heterocycles. The maximum atomic E-state index is 5.40. The van der Waals surface area contributed by atoms with Gasteiger partial charge in [-0.15, -0.1) is 0 Å². The van der Waals surface area contributed by atoms with Gasteiger partial charge in [-0.2, -0.15) is 0 Å². The molecular weight excluding hydrogens is 264 g/mol. The molecule has 1 nitrogen and oxygen atoms in total. The van der Waals surface area contributed by atoms with Crippen LogP contribution in [0.3, 0.4) is 0 Å². The fraction of sp³-hybridized carbons (Fsp3) is 0.571. The van der Waals surface area contributed by atoms with Crippen LogP contribution in [0.1, 0.15) is 35.7 Å². The van der Waals surface area contributed by atoms with Gasteiger partial charge in [0.1, 0.15) is 0 Å². The molecule has 0 amide bonds. The van der Waals surface area contributed by atoms with Crippen LogP contribution in [-0.2, 0) is 11.2 Å². The molecule has 16 heavy (non-hydrogen) atoms. The summed E-state index contributed by atoms with van der Waals surface area (Å²) in [6, 6.07) is 8.99. The first-order valence-corrected chi connectivity index (χ1v) is 7.03. The van der Waals surface area contributed by atoms with Crippen LogP contribution >= 0.6 is 15.9 Å². The highest BCUT2D eigenvalue weighted by Gasteiger charge is 2.22. The van der Waals surface area contributed by atoms with Gasteiger partial charge in [0.15, 0.2) is 0 Å². The summed E-state index contributed by atoms with van der Waals surface area (Å²) in [5, 5.41) is 0. The van der Waals surface area contributed by atoms with Crippen molar-refractivity contribution in [2.45, 2.75) is 31.0 Å². The number of benzene rings is 1. The molecule has 1 unspecified atom stereocenters. The molecule has 0 radical (unpaired) electrons. The summed E-state index contributed by atoms with van der Waals surface area (Å²) in [5.41, 5.74) is 2.82. The zero-order chi connectivity index (χ0) is 11.4. The molecule has 1 aromatic rings. The third-order valence-electron chi connectivity index (χ3n) is 3.39. The van der Waals surface area contributed by atoms with E-state index >= 15 is 0 Å². The van der Waals surface area contributed by atoms with E-state index in [0.29, 0.717) is 4.83 Å². The number of alkyl halides is 1. The Morgan fingerprint density at radius 3 is 2.44 bits per heavy atom. The second-order valence-corrected chi connectivity index (χ2v) is 5.43. The van der Waals surface area contributed by atoms with Crippen molar-refractivity contribution in [3.05, 3.63) is 35.4 Å². The van der Waals surface area contributed by atoms with Gasteiger partial charge in [0.2, 0.25) is 0 Å². The van der Waals surface area contributed by atoms with Gasteiger partial charge in [0.25, 0.3) is 0 Å². The maximum absolute atomic E-state index is 5.40. The Bertz CT molecular complexity index is 314. The summed E-state index contributed by atoms with van der Waals surface area (Å²) >= 11 is 3.84. The fourth-order valence-electron chi connectivity index (χ4n) is 2.22. The number of aryl methyl sites for hydroxylation is 1. The van der Waals surface area contributed by atoms with Gasteiger partial charge >= 0.3 is 0 Å². The molecule has 0 N–H and O–H groups in total. The van der Waals surface area contributed by atoms with Crippen LogP contribution in [0.5, 0.6) is 0 Å². The molecule has 0 aromatic heterocycles. The molecule has 1 saturated heterocycles. The smallest absolute Gasteiger partial charge is 0.0469 e. The van der Waals surface area contributed by atoms with Crippen molar-refractivity contribution in [2.75, 3.05) is 13.2 Å². The molecule has 1 fully saturated rings. The van der Waals surface area contributed by atoms with E-state index in [1.165, 1.54) is 24.0 Å². The summed E-state index contributed by atoms with van der Waals surface area (Å²) in [7, 11) is 0. The van der Waals surface area contributed by atoms with Crippen molar-refractivity contribution in [1.29, 1.82) is 0 Å². The van der Waals surface area contributed by atoms with Crippen LogP contribution in [0, 0.1) is 5.92 Å². The monoisotopic (exact) mass is 282 g/mol. The highest BCUT2D eigenvalue weighted by Crippen LogP contribution is 2.36. The molecule has 1 atom stereocenters. The Kier molecular flexibility index (Phi) is 4.42. The SMILES string of the molecule is CCc1ccc(C(Br)C2CCOCC2)cc1. The Labute approximate surface area is 106 Å². The first-order valence-electron chi connectivity index (χ1n) is 6.12. The minimum atomic E-state index is 0.488. The Hall–Kier alpha value is -0.340. The fourth-order valence-corrected chi connectivity index (χ4v) is 3.05. The quantitative estimate of drug-likeness (QED) is 0.758. The molecule has 1 aliphatic rings. The standard InChI is InChI=1S/C14H19BrO/c1-2-11-3-5-12(6-4-11)14(15)13-7-9-16-10-8-13/h3-6,13-14H,2,7-10H2,1H3. The van der Waals surface area contributed by atoms with Crippen molar-refractivity contribution >= 4 is 15.9 Å². The molecule has 0 saturated carbocycles. The lowest BCUT2D eigenvalue weighted by molar-refractivity contribution is 0.0662. The molecule has 0 aliphatic carbocycles. The summed E-state index contributed by atoms with van der Waals surface area (Å²) < 4.78 is 5.40. The molecular formula is C14H19BrO. The van der Waals surface area contributed by atoms with Gasteiger partial charge in [-0.05, 0) is 36.3 Å². The highest BCUT2D eigenvalue weighted by molar-refractivity contribution is 9.09. The van der Waals surface area contributed by atoms with E-state index in [0.717, 1.165) is 25.6 Å². The van der Waals surface area contributed by atoms with E-state index in [-0.39, 0.29) is 0 Å². The Morgan fingerprint density at radius 2 is 1.88 bits per heavy atom. The lowest BCUT2D eigenvalue weighted by Crippen LogP contribution is -2.19. The summed E-state index contributed by atoms with van der Waals surface area (Å²) in [6.45, 7) is 4.03. The summed E-state index contributed by atoms with van der Waals surface area (Å²) in [4.78, 5) is 0.488. The molecule has 0 bridgehead atoms. The second-order valence-electron chi connectivity index (χ2n) is 4.45. The third kappa shape index (κ3) is 2.86. The zero-order valence-corrected chi connectivity index (χ0v) is 11.4. The van der Waals surface area contributed by atoms with Gasteiger partial charge in [-0.1, -0.05) is 47.1 Å². The first-order chi connectivity index (χ1) is 7.81. The van der Waals surface area contributed by atoms with Crippen LogP contribution in [0.15, 0.2) is 24.3 Å². The number of rotatable bonds is 3. The second kappa shape index (κ2) is 5.83. The molecule has 1 aromatic carbocycles. The molecule has 2 rings (SSSR count). The summed E-state index contributed by atoms with van der Waals surface area (Å²) in [6.07, 6.45) is 3.46. The number of hydrogen-bond acceptors (Lipinski definition) is 1. The zero-order valence-electron chi connectivity index (χ0n) is 9.79. The van der Waals surface area contributed by atoms with E-state index in [4.69, 9.17) is 4.74 Å². The van der Waals surface area contributed by atoms with E-state index in [2.05, 4.69) is 47.1 Å². The van der Waals surface area contributed by atoms with Gasteiger partial charge in [0.05, 0.1) is 0 Å². The van der Waals surface area contributed by atoms with Crippen LogP contribution in [0.4, 0.5) is 0 Å². The largest absolute Gasteiger partial charge is 0.381 e. The number of ether oxygens (including phenoxy) is 1. The van der Waals surface area contributed by atoms with E-state index < -0.39 is 0 Å². The average molecular weight is 283 g/mol. The van der Waals surface area contributed by atoms with E-state index in [9.17, 15) is 0 Å². The normalized spacial score (nSPS) is 19.6. The van der Waals surface area contributed by atoms with E-state index in [1.54, 1.807) is 0 Å². The molecule has 88 valence electrons. The van der Waals surface area contributed by atoms with Gasteiger partial charge < -0.3 is 4.74 Å². The molecule has 2 heteroatoms. The minimum absolute atomic E-state index is 0.488. The third-order valence-corrected chi connectivity index (χ3v) is 4.66. The minimum Gasteiger partial charge on any atom is -0.381 e. The topological polar surface area (TPSA) is 9.23 Å². The van der Waals surface area contributed by atoms with E-state index in [1.807, 2.05) is 0 Å². The number of hydrogen-bond donors (Lipinski definition) is 0. The molecule has 1 heterocycles. The van der Waals surface area contributed by atoms with Crippen molar-refractivity contribution < 1.29 is 4.74 Å². The van der Waals surface area contributed by atoms with Gasteiger partial charge in [0, 0.05) is 18.0 Å². The van der Waals surface area contributed by atoms with Crippen molar-refractivity contribution in [2.24, 2.45) is 5.92 Å². The first kappa shape index (κ1) is 12.1. The van der Waals surface area contributed by atoms with Crippen LogP contribution < -0.4 is 0 Å². The maximum Gasteiger partial charge on any atom is 0.0469 e. The van der Waals surface area contributed by atoms with Crippen molar-refractivity contribution in [3.63, 3.8) is 0 Å². The lowest BCUT2D eigenvalue weighted by atomic mass is 9.92. The van der Waals surface area contributed by atoms with Crippen LogP contribution in [0.2, 0.25) is 0 Å². The van der Waals surface area contributed by atoms with Crippen LogP contribution in [-0.4, -0.2) is 13.2 Å². The highest BCUT2D eigenvalue weighted by atomic mass is 79.9. The lowest BCUT2D eigenvalue weighted by Gasteiger charge is -2.26. The van der Waals surface area contributed by atoms with Crippen LogP contribution in [0.25, 0.3) is 0 Å². The molecule has 0 spiro atoms. The van der Waals surface area contributed by atoms with Crippen molar-refractivity contribution in [1.82, 2.24) is 0 Å². The predicted molar refractivity (Wildman–Crippen MR) is 71.0 cm³/mol. The Balaban J connectivity index is 2.04.